The van der Waals surface area contributed by atoms with Gasteiger partial charge in [0.15, 0.2) is 22.8 Å². The molecule has 5 rings (SSSR count). The van der Waals surface area contributed by atoms with Crippen LogP contribution < -0.4 is 14.8 Å². The van der Waals surface area contributed by atoms with Crippen LogP contribution in [0.5, 0.6) is 11.5 Å². The predicted molar refractivity (Wildman–Crippen MR) is 139 cm³/mol. The Bertz CT molecular complexity index is 1600. The van der Waals surface area contributed by atoms with E-state index >= 15 is 0 Å². The summed E-state index contributed by atoms with van der Waals surface area (Å²) in [7, 11) is 3.13. The number of hydrogen-bond acceptors (Lipinski definition) is 8. The lowest BCUT2D eigenvalue weighted by Gasteiger charge is -2.10. The van der Waals surface area contributed by atoms with Gasteiger partial charge in [0.25, 0.3) is 5.91 Å². The minimum absolute atomic E-state index is 0.151. The Balaban J connectivity index is 1.30. The van der Waals surface area contributed by atoms with Gasteiger partial charge >= 0.3 is 5.97 Å². The number of carbonyl (C=O) groups is 2. The Morgan fingerprint density at radius 1 is 0.895 bits per heavy atom. The topological polar surface area (TPSA) is 117 Å². The Morgan fingerprint density at radius 2 is 1.71 bits per heavy atom. The highest BCUT2D eigenvalue weighted by atomic mass is 16.5. The zero-order valence-corrected chi connectivity index (χ0v) is 20.6. The van der Waals surface area contributed by atoms with Crippen LogP contribution in [0.2, 0.25) is 0 Å². The van der Waals surface area contributed by atoms with Crippen LogP contribution in [0, 0.1) is 0 Å². The lowest BCUT2D eigenvalue weighted by Crippen LogP contribution is -2.14. The fraction of sp³-hybridized carbons (Fsp3) is 0.107. The van der Waals surface area contributed by atoms with Crippen LogP contribution in [0.4, 0.5) is 5.82 Å². The lowest BCUT2D eigenvalue weighted by atomic mass is 10.1. The molecule has 1 N–H and O–H groups in total. The number of pyridine rings is 1. The molecule has 0 fully saturated rings. The van der Waals surface area contributed by atoms with Gasteiger partial charge in [-0.05, 0) is 42.0 Å². The van der Waals surface area contributed by atoms with Crippen molar-refractivity contribution < 1.29 is 23.8 Å². The summed E-state index contributed by atoms with van der Waals surface area (Å²) in [6, 6.07) is 21.3. The van der Waals surface area contributed by atoms with Crippen LogP contribution >= 0.6 is 0 Å². The molecule has 0 spiro atoms. The number of ether oxygens (including phenoxy) is 3. The molecule has 38 heavy (non-hydrogen) atoms. The van der Waals surface area contributed by atoms with Crippen molar-refractivity contribution in [3.05, 3.63) is 102 Å². The van der Waals surface area contributed by atoms with Crippen LogP contribution in [0.15, 0.2) is 85.2 Å². The third-order valence-electron chi connectivity index (χ3n) is 5.72. The van der Waals surface area contributed by atoms with Crippen LogP contribution in [0.3, 0.4) is 0 Å². The van der Waals surface area contributed by atoms with E-state index in [1.54, 1.807) is 43.1 Å². The lowest BCUT2D eigenvalue weighted by molar-refractivity contribution is 0.0472. The SMILES string of the molecule is COc1ccc(-c2ccnc3cc(C(=O)Nc4ccc(C(=O)OCc5ccccc5)cn4)nn23)cc1OC. The summed E-state index contributed by atoms with van der Waals surface area (Å²) in [5.41, 5.74) is 3.32. The summed E-state index contributed by atoms with van der Waals surface area (Å²) in [6.07, 6.45) is 2.99. The molecule has 1 amide bonds. The predicted octanol–water partition coefficient (Wildman–Crippen LogP) is 4.42. The van der Waals surface area contributed by atoms with Gasteiger partial charge in [-0.2, -0.15) is 5.10 Å². The Labute approximate surface area is 217 Å². The minimum atomic E-state index is -0.506. The zero-order valence-electron chi connectivity index (χ0n) is 20.6. The second kappa shape index (κ2) is 10.8. The maximum absolute atomic E-state index is 12.9. The summed E-state index contributed by atoms with van der Waals surface area (Å²) >= 11 is 0. The number of rotatable bonds is 8. The van der Waals surface area contributed by atoms with E-state index in [9.17, 15) is 9.59 Å². The molecule has 10 nitrogen and oxygen atoms in total. The standard InChI is InChI=1S/C28H23N5O5/c1-36-23-10-8-19(14-24(23)37-2)22-12-13-29-26-15-21(32-33(22)26)27(34)31-25-11-9-20(16-30-25)28(35)38-17-18-6-4-3-5-7-18/h3-16H,17H2,1-2H3,(H,30,31,34). The molecule has 3 aromatic heterocycles. The summed E-state index contributed by atoms with van der Waals surface area (Å²) in [5, 5.41) is 7.14. The normalized spacial score (nSPS) is 10.7. The smallest absolute Gasteiger partial charge is 0.340 e. The van der Waals surface area contributed by atoms with Crippen molar-refractivity contribution in [3.8, 4) is 22.8 Å². The van der Waals surface area contributed by atoms with Crippen molar-refractivity contribution in [2.75, 3.05) is 19.5 Å². The molecule has 0 aliphatic rings. The molecule has 0 atom stereocenters. The summed E-state index contributed by atoms with van der Waals surface area (Å²) in [5.74, 6) is 0.456. The quantitative estimate of drug-likeness (QED) is 0.306. The van der Waals surface area contributed by atoms with Crippen LogP contribution in [-0.2, 0) is 11.3 Å². The van der Waals surface area contributed by atoms with E-state index in [1.807, 2.05) is 42.5 Å². The molecule has 0 saturated heterocycles. The minimum Gasteiger partial charge on any atom is -0.493 e. The third kappa shape index (κ3) is 5.14. The van der Waals surface area contributed by atoms with Crippen molar-refractivity contribution in [2.24, 2.45) is 0 Å². The van der Waals surface area contributed by atoms with Crippen molar-refractivity contribution in [1.82, 2.24) is 19.6 Å². The molecule has 3 heterocycles. The zero-order chi connectivity index (χ0) is 26.5. The largest absolute Gasteiger partial charge is 0.493 e. The van der Waals surface area contributed by atoms with Gasteiger partial charge in [0.05, 0.1) is 25.5 Å². The maximum Gasteiger partial charge on any atom is 0.340 e. The van der Waals surface area contributed by atoms with Crippen molar-refractivity contribution in [1.29, 1.82) is 0 Å². The van der Waals surface area contributed by atoms with E-state index in [-0.39, 0.29) is 23.7 Å². The number of methoxy groups -OCH3 is 2. The number of amides is 1. The second-order valence-electron chi connectivity index (χ2n) is 8.15. The molecule has 0 unspecified atom stereocenters. The molecule has 0 aliphatic carbocycles. The molecule has 10 heteroatoms. The van der Waals surface area contributed by atoms with Gasteiger partial charge in [0, 0.05) is 24.0 Å². The van der Waals surface area contributed by atoms with E-state index in [0.717, 1.165) is 11.1 Å². The molecule has 0 radical (unpaired) electrons. The van der Waals surface area contributed by atoms with E-state index < -0.39 is 11.9 Å². The number of nitrogens with one attached hydrogen (secondary N) is 1. The molecular formula is C28H23N5O5. The average Bonchev–Trinajstić information content (AvgIpc) is 3.41. The number of anilines is 1. The Hall–Kier alpha value is -5.25. The van der Waals surface area contributed by atoms with E-state index in [2.05, 4.69) is 20.4 Å². The Kier molecular flexibility index (Phi) is 6.94. The van der Waals surface area contributed by atoms with Crippen LogP contribution in [-0.4, -0.2) is 45.7 Å². The number of hydrogen-bond donors (Lipinski definition) is 1. The van der Waals surface area contributed by atoms with Gasteiger partial charge in [-0.25, -0.2) is 19.3 Å². The van der Waals surface area contributed by atoms with Crippen molar-refractivity contribution in [3.63, 3.8) is 0 Å². The first-order valence-corrected chi connectivity index (χ1v) is 11.6. The Morgan fingerprint density at radius 3 is 2.45 bits per heavy atom. The van der Waals surface area contributed by atoms with Gasteiger partial charge in [-0.15, -0.1) is 0 Å². The van der Waals surface area contributed by atoms with E-state index in [1.165, 1.54) is 18.3 Å². The average molecular weight is 510 g/mol. The molecule has 190 valence electrons. The molecule has 5 aromatic rings. The fourth-order valence-electron chi connectivity index (χ4n) is 3.80. The highest BCUT2D eigenvalue weighted by Gasteiger charge is 2.16. The first-order valence-electron chi connectivity index (χ1n) is 11.6. The molecule has 0 saturated carbocycles. The molecule has 0 bridgehead atoms. The van der Waals surface area contributed by atoms with E-state index in [0.29, 0.717) is 22.8 Å². The van der Waals surface area contributed by atoms with Gasteiger partial charge in [-0.3, -0.25) is 4.79 Å². The first-order chi connectivity index (χ1) is 18.6. The number of carbonyl (C=O) groups excluding carboxylic acids is 2. The first kappa shape index (κ1) is 24.4. The van der Waals surface area contributed by atoms with Crippen LogP contribution in [0.1, 0.15) is 26.4 Å². The highest BCUT2D eigenvalue weighted by Crippen LogP contribution is 2.32. The summed E-state index contributed by atoms with van der Waals surface area (Å²) in [4.78, 5) is 33.7. The monoisotopic (exact) mass is 509 g/mol. The number of nitrogens with zero attached hydrogens (tertiary/aromatic N) is 4. The second-order valence-corrected chi connectivity index (χ2v) is 8.15. The number of fused-ring (bicyclic) bond motifs is 1. The van der Waals surface area contributed by atoms with E-state index in [4.69, 9.17) is 14.2 Å². The third-order valence-corrected chi connectivity index (χ3v) is 5.72. The molecule has 0 aliphatic heterocycles. The van der Waals surface area contributed by atoms with Crippen molar-refractivity contribution >= 4 is 23.3 Å². The summed E-state index contributed by atoms with van der Waals surface area (Å²) in [6.45, 7) is 0.158. The summed E-state index contributed by atoms with van der Waals surface area (Å²) < 4.78 is 17.6. The van der Waals surface area contributed by atoms with Gasteiger partial charge in [0.2, 0.25) is 0 Å². The van der Waals surface area contributed by atoms with Gasteiger partial charge in [0.1, 0.15) is 12.4 Å². The van der Waals surface area contributed by atoms with Crippen LogP contribution in [0.25, 0.3) is 16.9 Å². The molecule has 2 aromatic carbocycles. The highest BCUT2D eigenvalue weighted by molar-refractivity contribution is 6.03. The molecular weight excluding hydrogens is 486 g/mol. The van der Waals surface area contributed by atoms with Crippen molar-refractivity contribution in [2.45, 2.75) is 6.61 Å². The number of esters is 1. The van der Waals surface area contributed by atoms with Gasteiger partial charge < -0.3 is 19.5 Å². The fourth-order valence-corrected chi connectivity index (χ4v) is 3.80. The number of aromatic nitrogens is 4. The number of benzene rings is 2. The maximum atomic E-state index is 12.9. The van der Waals surface area contributed by atoms with Gasteiger partial charge in [-0.1, -0.05) is 30.3 Å².